The molecule has 0 aliphatic carbocycles. The van der Waals surface area contributed by atoms with Crippen molar-refractivity contribution in [2.75, 3.05) is 29.9 Å². The summed E-state index contributed by atoms with van der Waals surface area (Å²) in [6.45, 7) is 3.41. The Kier molecular flexibility index (Phi) is 6.11. The molecule has 2 heterocycles. The fourth-order valence-corrected chi connectivity index (χ4v) is 5.58. The first-order chi connectivity index (χ1) is 14.8. The summed E-state index contributed by atoms with van der Waals surface area (Å²) >= 11 is 0. The number of hydrogen-bond donors (Lipinski definition) is 1. The Morgan fingerprint density at radius 1 is 0.968 bits per heavy atom. The molecule has 0 bridgehead atoms. The van der Waals surface area contributed by atoms with E-state index in [2.05, 4.69) is 5.32 Å². The van der Waals surface area contributed by atoms with E-state index in [9.17, 15) is 18.0 Å². The molecule has 2 saturated heterocycles. The van der Waals surface area contributed by atoms with Gasteiger partial charge in [0.2, 0.25) is 21.8 Å². The number of carbonyl (C=O) groups excluding carboxylic acids is 2. The highest BCUT2D eigenvalue weighted by Gasteiger charge is 2.35. The molecule has 8 heteroatoms. The molecule has 7 nitrogen and oxygen atoms in total. The number of benzene rings is 2. The average molecular weight is 442 g/mol. The number of rotatable bonds is 5. The second kappa shape index (κ2) is 8.80. The van der Waals surface area contributed by atoms with Crippen molar-refractivity contribution in [3.05, 3.63) is 54.1 Å². The maximum Gasteiger partial charge on any atom is 0.243 e. The van der Waals surface area contributed by atoms with Gasteiger partial charge in [-0.2, -0.15) is 4.31 Å². The molecule has 0 aromatic heterocycles. The van der Waals surface area contributed by atoms with Crippen molar-refractivity contribution in [2.45, 2.75) is 37.5 Å². The van der Waals surface area contributed by atoms with Gasteiger partial charge in [0.15, 0.2) is 0 Å². The number of hydrogen-bond acceptors (Lipinski definition) is 4. The SMILES string of the molecule is Cc1ccc(N2CC(C(=O)Nc3ccc(S(=O)(=O)N4CCCCC4)cc3)CC2=O)cc1. The summed E-state index contributed by atoms with van der Waals surface area (Å²) in [5.41, 5.74) is 2.41. The van der Waals surface area contributed by atoms with Crippen LogP contribution < -0.4 is 10.2 Å². The van der Waals surface area contributed by atoms with Gasteiger partial charge in [0, 0.05) is 37.4 Å². The molecule has 4 rings (SSSR count). The first-order valence-electron chi connectivity index (χ1n) is 10.6. The maximum atomic E-state index is 12.8. The molecule has 0 radical (unpaired) electrons. The summed E-state index contributed by atoms with van der Waals surface area (Å²) < 4.78 is 27.0. The summed E-state index contributed by atoms with van der Waals surface area (Å²) in [7, 11) is -3.50. The van der Waals surface area contributed by atoms with Crippen molar-refractivity contribution in [2.24, 2.45) is 5.92 Å². The highest BCUT2D eigenvalue weighted by Crippen LogP contribution is 2.27. The first-order valence-corrected chi connectivity index (χ1v) is 12.1. The molecule has 164 valence electrons. The third kappa shape index (κ3) is 4.65. The zero-order chi connectivity index (χ0) is 22.0. The largest absolute Gasteiger partial charge is 0.326 e. The van der Waals surface area contributed by atoms with Crippen molar-refractivity contribution < 1.29 is 18.0 Å². The van der Waals surface area contributed by atoms with Gasteiger partial charge in [-0.3, -0.25) is 9.59 Å². The van der Waals surface area contributed by atoms with Crippen LogP contribution in [0.4, 0.5) is 11.4 Å². The van der Waals surface area contributed by atoms with E-state index in [0.29, 0.717) is 25.3 Å². The third-order valence-corrected chi connectivity index (χ3v) is 7.83. The molecule has 31 heavy (non-hydrogen) atoms. The van der Waals surface area contributed by atoms with Crippen molar-refractivity contribution in [3.8, 4) is 0 Å². The minimum atomic E-state index is -3.50. The van der Waals surface area contributed by atoms with E-state index >= 15 is 0 Å². The standard InChI is InChI=1S/C23H27N3O4S/c1-17-5-9-20(10-6-17)26-16-18(15-22(26)27)23(28)24-19-7-11-21(12-8-19)31(29,30)25-13-3-2-4-14-25/h5-12,18H,2-4,13-16H2,1H3,(H,24,28). The molecule has 2 aliphatic heterocycles. The second-order valence-corrected chi connectivity index (χ2v) is 10.2. The van der Waals surface area contributed by atoms with Crippen molar-refractivity contribution in [3.63, 3.8) is 0 Å². The minimum absolute atomic E-state index is 0.0769. The van der Waals surface area contributed by atoms with E-state index in [1.165, 1.54) is 16.4 Å². The maximum absolute atomic E-state index is 12.8. The van der Waals surface area contributed by atoms with Crippen molar-refractivity contribution >= 4 is 33.2 Å². The van der Waals surface area contributed by atoms with Gasteiger partial charge in [0.25, 0.3) is 0 Å². The minimum Gasteiger partial charge on any atom is -0.326 e. The Morgan fingerprint density at radius 2 is 1.61 bits per heavy atom. The Balaban J connectivity index is 1.40. The van der Waals surface area contributed by atoms with Crippen LogP contribution in [0.2, 0.25) is 0 Å². The van der Waals surface area contributed by atoms with Crippen LogP contribution in [0.1, 0.15) is 31.2 Å². The number of sulfonamides is 1. The number of amides is 2. The average Bonchev–Trinajstić information content (AvgIpc) is 3.17. The quantitative estimate of drug-likeness (QED) is 0.772. The van der Waals surface area contributed by atoms with Gasteiger partial charge in [0.1, 0.15) is 0 Å². The Bertz CT molecular complexity index is 1060. The van der Waals surface area contributed by atoms with Crippen LogP contribution in [0, 0.1) is 12.8 Å². The molecule has 2 aromatic carbocycles. The van der Waals surface area contributed by atoms with Gasteiger partial charge >= 0.3 is 0 Å². The fraction of sp³-hybridized carbons (Fsp3) is 0.391. The molecular weight excluding hydrogens is 414 g/mol. The van der Waals surface area contributed by atoms with Crippen LogP contribution in [-0.4, -0.2) is 44.2 Å². The normalized spacial score (nSPS) is 20.1. The second-order valence-electron chi connectivity index (χ2n) is 8.22. The van der Waals surface area contributed by atoms with E-state index in [1.807, 2.05) is 31.2 Å². The molecule has 2 aromatic rings. The summed E-state index contributed by atoms with van der Waals surface area (Å²) in [4.78, 5) is 27.0. The van der Waals surface area contributed by atoms with Gasteiger partial charge in [-0.1, -0.05) is 24.1 Å². The number of anilines is 2. The van der Waals surface area contributed by atoms with E-state index in [-0.39, 0.29) is 23.1 Å². The molecule has 2 aliphatic rings. The molecule has 0 spiro atoms. The highest BCUT2D eigenvalue weighted by atomic mass is 32.2. The monoisotopic (exact) mass is 441 g/mol. The molecule has 2 amide bonds. The molecule has 1 N–H and O–H groups in total. The van der Waals surface area contributed by atoms with Crippen LogP contribution in [0.3, 0.4) is 0 Å². The van der Waals surface area contributed by atoms with Crippen LogP contribution in [0.25, 0.3) is 0 Å². The zero-order valence-corrected chi connectivity index (χ0v) is 18.4. The van der Waals surface area contributed by atoms with Gasteiger partial charge in [-0.05, 0) is 56.2 Å². The van der Waals surface area contributed by atoms with Crippen LogP contribution in [0.15, 0.2) is 53.4 Å². The van der Waals surface area contributed by atoms with E-state index in [1.54, 1.807) is 17.0 Å². The van der Waals surface area contributed by atoms with E-state index in [0.717, 1.165) is 30.5 Å². The lowest BCUT2D eigenvalue weighted by Crippen LogP contribution is -2.35. The van der Waals surface area contributed by atoms with Crippen molar-refractivity contribution in [1.82, 2.24) is 4.31 Å². The molecule has 1 unspecified atom stereocenters. The zero-order valence-electron chi connectivity index (χ0n) is 17.6. The van der Waals surface area contributed by atoms with Crippen LogP contribution in [0.5, 0.6) is 0 Å². The third-order valence-electron chi connectivity index (χ3n) is 5.92. The Hall–Kier alpha value is -2.71. The number of carbonyl (C=O) groups is 2. The van der Waals surface area contributed by atoms with Gasteiger partial charge in [-0.15, -0.1) is 0 Å². The number of nitrogens with zero attached hydrogens (tertiary/aromatic N) is 2. The van der Waals surface area contributed by atoms with Gasteiger partial charge in [0.05, 0.1) is 10.8 Å². The Morgan fingerprint density at radius 3 is 2.26 bits per heavy atom. The topological polar surface area (TPSA) is 86.8 Å². The highest BCUT2D eigenvalue weighted by molar-refractivity contribution is 7.89. The molecule has 2 fully saturated rings. The first kappa shape index (κ1) is 21.5. The summed E-state index contributed by atoms with van der Waals surface area (Å²) in [6, 6.07) is 13.9. The predicted molar refractivity (Wildman–Crippen MR) is 119 cm³/mol. The van der Waals surface area contributed by atoms with Crippen LogP contribution >= 0.6 is 0 Å². The fourth-order valence-electron chi connectivity index (χ4n) is 4.07. The lowest BCUT2D eigenvalue weighted by Gasteiger charge is -2.25. The number of piperidine rings is 1. The predicted octanol–water partition coefficient (Wildman–Crippen LogP) is 3.16. The van der Waals surface area contributed by atoms with E-state index in [4.69, 9.17) is 0 Å². The number of aryl methyl sites for hydroxylation is 1. The van der Waals surface area contributed by atoms with Crippen LogP contribution in [-0.2, 0) is 19.6 Å². The number of nitrogens with one attached hydrogen (secondary N) is 1. The lowest BCUT2D eigenvalue weighted by atomic mass is 10.1. The van der Waals surface area contributed by atoms with Gasteiger partial charge < -0.3 is 10.2 Å². The molecule has 0 saturated carbocycles. The van der Waals surface area contributed by atoms with E-state index < -0.39 is 15.9 Å². The summed E-state index contributed by atoms with van der Waals surface area (Å²) in [6.07, 6.45) is 2.98. The smallest absolute Gasteiger partial charge is 0.243 e. The summed E-state index contributed by atoms with van der Waals surface area (Å²) in [5.74, 6) is -0.771. The lowest BCUT2D eigenvalue weighted by molar-refractivity contribution is -0.122. The van der Waals surface area contributed by atoms with Crippen molar-refractivity contribution in [1.29, 1.82) is 0 Å². The summed E-state index contributed by atoms with van der Waals surface area (Å²) in [5, 5.41) is 2.82. The Labute approximate surface area is 183 Å². The van der Waals surface area contributed by atoms with Gasteiger partial charge in [-0.25, -0.2) is 8.42 Å². The molecular formula is C23H27N3O4S. The molecule has 1 atom stereocenters.